The Morgan fingerprint density at radius 3 is 1.93 bits per heavy atom. The van der Waals surface area contributed by atoms with E-state index in [1.54, 1.807) is 24.5 Å². The van der Waals surface area contributed by atoms with Crippen LogP contribution in [0.3, 0.4) is 0 Å². The minimum Gasteiger partial charge on any atom is -0.314 e. The third kappa shape index (κ3) is 3.47. The number of aryl methyl sites for hydroxylation is 1. The van der Waals surface area contributed by atoms with E-state index in [1.807, 2.05) is 25.1 Å². The van der Waals surface area contributed by atoms with Crippen molar-refractivity contribution in [2.45, 2.75) is 11.8 Å². The van der Waals surface area contributed by atoms with Crippen molar-refractivity contribution in [1.29, 1.82) is 0 Å². The molecule has 0 saturated carbocycles. The van der Waals surface area contributed by atoms with Crippen LogP contribution in [0.5, 0.6) is 0 Å². The second-order valence-electron chi connectivity index (χ2n) is 6.55. The molecule has 2 aromatic heterocycles. The Morgan fingerprint density at radius 2 is 1.32 bits per heavy atom. The van der Waals surface area contributed by atoms with Gasteiger partial charge in [0.05, 0.1) is 10.6 Å². The maximum absolute atomic E-state index is 11.5. The van der Waals surface area contributed by atoms with Crippen LogP contribution in [-0.2, 0) is 10.0 Å². The van der Waals surface area contributed by atoms with E-state index in [-0.39, 0.29) is 4.90 Å². The van der Waals surface area contributed by atoms with Crippen LogP contribution in [0.2, 0.25) is 0 Å². The van der Waals surface area contributed by atoms with Crippen molar-refractivity contribution in [1.82, 2.24) is 9.55 Å². The SMILES string of the molecule is Cc1ccc(-c2ccc(-c3ccncc3)cc2)n1-c1ccc(S(N)(=O)=O)cc1. The molecule has 140 valence electrons. The molecule has 0 aliphatic heterocycles. The van der Waals surface area contributed by atoms with Crippen molar-refractivity contribution in [3.05, 3.63) is 90.9 Å². The number of nitrogens with two attached hydrogens (primary N) is 1. The smallest absolute Gasteiger partial charge is 0.238 e. The molecule has 0 aliphatic rings. The van der Waals surface area contributed by atoms with Gasteiger partial charge in [0.1, 0.15) is 0 Å². The highest BCUT2D eigenvalue weighted by atomic mass is 32.2. The maximum Gasteiger partial charge on any atom is 0.238 e. The lowest BCUT2D eigenvalue weighted by Gasteiger charge is -2.13. The average molecular weight is 389 g/mol. The van der Waals surface area contributed by atoms with E-state index in [0.29, 0.717) is 0 Å². The first kappa shape index (κ1) is 18.2. The van der Waals surface area contributed by atoms with Crippen LogP contribution in [0.15, 0.2) is 90.1 Å². The summed E-state index contributed by atoms with van der Waals surface area (Å²) in [6.07, 6.45) is 3.56. The fraction of sp³-hybridized carbons (Fsp3) is 0.0455. The summed E-state index contributed by atoms with van der Waals surface area (Å²) in [4.78, 5) is 4.16. The predicted molar refractivity (Wildman–Crippen MR) is 111 cm³/mol. The molecule has 0 fully saturated rings. The normalized spacial score (nSPS) is 11.5. The van der Waals surface area contributed by atoms with E-state index < -0.39 is 10.0 Å². The fourth-order valence-electron chi connectivity index (χ4n) is 3.27. The van der Waals surface area contributed by atoms with Crippen LogP contribution in [0.25, 0.3) is 28.1 Å². The number of aromatic nitrogens is 2. The maximum atomic E-state index is 11.5. The van der Waals surface area contributed by atoms with E-state index in [1.165, 1.54) is 12.1 Å². The first-order chi connectivity index (χ1) is 13.4. The zero-order valence-corrected chi connectivity index (χ0v) is 16.1. The monoisotopic (exact) mass is 389 g/mol. The van der Waals surface area contributed by atoms with E-state index in [2.05, 4.69) is 39.9 Å². The van der Waals surface area contributed by atoms with Crippen LogP contribution < -0.4 is 5.14 Å². The van der Waals surface area contributed by atoms with Crippen LogP contribution in [0.4, 0.5) is 0 Å². The average Bonchev–Trinajstić information content (AvgIpc) is 3.10. The van der Waals surface area contributed by atoms with Gasteiger partial charge in [0, 0.05) is 23.8 Å². The molecule has 0 unspecified atom stereocenters. The number of hydrogen-bond acceptors (Lipinski definition) is 3. The van der Waals surface area contributed by atoms with Crippen LogP contribution in [0.1, 0.15) is 5.69 Å². The van der Waals surface area contributed by atoms with Gasteiger partial charge in [-0.2, -0.15) is 0 Å². The van der Waals surface area contributed by atoms with Crippen molar-refractivity contribution >= 4 is 10.0 Å². The molecule has 2 N–H and O–H groups in total. The highest BCUT2D eigenvalue weighted by molar-refractivity contribution is 7.89. The molecule has 0 bridgehead atoms. The standard InChI is InChI=1S/C22H19N3O2S/c1-16-2-11-22(25(16)20-7-9-21(10-8-20)28(23,26)27)19-5-3-17(4-6-19)18-12-14-24-15-13-18/h2-15H,1H3,(H2,23,26,27). The Hall–Kier alpha value is -3.22. The van der Waals surface area contributed by atoms with Gasteiger partial charge >= 0.3 is 0 Å². The Balaban J connectivity index is 1.73. The van der Waals surface area contributed by atoms with E-state index >= 15 is 0 Å². The molecule has 2 heterocycles. The van der Waals surface area contributed by atoms with E-state index in [9.17, 15) is 8.42 Å². The van der Waals surface area contributed by atoms with E-state index in [4.69, 9.17) is 5.14 Å². The zero-order valence-electron chi connectivity index (χ0n) is 15.3. The van der Waals surface area contributed by atoms with Gasteiger partial charge in [-0.25, -0.2) is 13.6 Å². The van der Waals surface area contributed by atoms with Gasteiger partial charge < -0.3 is 4.57 Å². The van der Waals surface area contributed by atoms with Crippen molar-refractivity contribution in [2.75, 3.05) is 0 Å². The van der Waals surface area contributed by atoms with Crippen LogP contribution >= 0.6 is 0 Å². The Morgan fingerprint density at radius 1 is 0.750 bits per heavy atom. The molecule has 4 aromatic rings. The molecule has 0 saturated heterocycles. The van der Waals surface area contributed by atoms with E-state index in [0.717, 1.165) is 33.8 Å². The first-order valence-electron chi connectivity index (χ1n) is 8.76. The molecular formula is C22H19N3O2S. The number of pyridine rings is 1. The van der Waals surface area contributed by atoms with Gasteiger partial charge in [-0.3, -0.25) is 4.98 Å². The second kappa shape index (κ2) is 7.07. The molecule has 2 aromatic carbocycles. The lowest BCUT2D eigenvalue weighted by atomic mass is 10.0. The highest BCUT2D eigenvalue weighted by Crippen LogP contribution is 2.29. The molecule has 5 nitrogen and oxygen atoms in total. The topological polar surface area (TPSA) is 78.0 Å². The van der Waals surface area contributed by atoms with Gasteiger partial charge in [-0.15, -0.1) is 0 Å². The quantitative estimate of drug-likeness (QED) is 0.569. The van der Waals surface area contributed by atoms with Gasteiger partial charge in [0.2, 0.25) is 10.0 Å². The molecule has 0 amide bonds. The first-order valence-corrected chi connectivity index (χ1v) is 10.3. The summed E-state index contributed by atoms with van der Waals surface area (Å²) in [5.74, 6) is 0. The summed E-state index contributed by atoms with van der Waals surface area (Å²) in [5.41, 5.74) is 6.27. The lowest BCUT2D eigenvalue weighted by molar-refractivity contribution is 0.598. The number of sulfonamides is 1. The number of nitrogens with zero attached hydrogens (tertiary/aromatic N) is 2. The largest absolute Gasteiger partial charge is 0.314 e. The van der Waals surface area contributed by atoms with Crippen molar-refractivity contribution < 1.29 is 8.42 Å². The molecule has 0 spiro atoms. The summed E-state index contributed by atoms with van der Waals surface area (Å²) >= 11 is 0. The Kier molecular flexibility index (Phi) is 4.58. The minimum atomic E-state index is -3.71. The third-order valence-electron chi connectivity index (χ3n) is 4.69. The van der Waals surface area contributed by atoms with Crippen LogP contribution in [-0.4, -0.2) is 18.0 Å². The summed E-state index contributed by atoms with van der Waals surface area (Å²) in [7, 11) is -3.71. The van der Waals surface area contributed by atoms with Gasteiger partial charge in [-0.1, -0.05) is 24.3 Å². The van der Waals surface area contributed by atoms with Crippen LogP contribution in [0, 0.1) is 6.92 Å². The zero-order chi connectivity index (χ0) is 19.7. The number of primary sulfonamides is 1. The van der Waals surface area contributed by atoms with Crippen molar-refractivity contribution in [3.8, 4) is 28.1 Å². The van der Waals surface area contributed by atoms with Crippen molar-refractivity contribution in [2.24, 2.45) is 5.14 Å². The molecule has 0 aliphatic carbocycles. The summed E-state index contributed by atoms with van der Waals surface area (Å²) in [6.45, 7) is 2.02. The second-order valence-corrected chi connectivity index (χ2v) is 8.11. The highest BCUT2D eigenvalue weighted by Gasteiger charge is 2.12. The summed E-state index contributed by atoms with van der Waals surface area (Å²) in [5, 5.41) is 5.20. The Bertz CT molecular complexity index is 1210. The van der Waals surface area contributed by atoms with Gasteiger partial charge in [0.25, 0.3) is 0 Å². The minimum absolute atomic E-state index is 0.101. The molecule has 28 heavy (non-hydrogen) atoms. The molecule has 0 radical (unpaired) electrons. The predicted octanol–water partition coefficient (Wildman–Crippen LogP) is 4.16. The molecule has 6 heteroatoms. The number of hydrogen-bond donors (Lipinski definition) is 1. The Labute approximate surface area is 164 Å². The van der Waals surface area contributed by atoms with Crippen molar-refractivity contribution in [3.63, 3.8) is 0 Å². The summed E-state index contributed by atoms with van der Waals surface area (Å²) < 4.78 is 25.1. The molecule has 4 rings (SSSR count). The summed E-state index contributed by atoms with van der Waals surface area (Å²) in [6, 6.07) is 23.0. The molecule has 0 atom stereocenters. The lowest BCUT2D eigenvalue weighted by Crippen LogP contribution is -2.12. The third-order valence-corrected chi connectivity index (χ3v) is 5.62. The number of rotatable bonds is 4. The van der Waals surface area contributed by atoms with Gasteiger partial charge in [-0.05, 0) is 72.1 Å². The fourth-order valence-corrected chi connectivity index (χ4v) is 3.78. The number of benzene rings is 2. The van der Waals surface area contributed by atoms with Gasteiger partial charge in [0.15, 0.2) is 0 Å². The molecular weight excluding hydrogens is 370 g/mol.